The Morgan fingerprint density at radius 1 is 1.15 bits per heavy atom. The number of methoxy groups -OCH3 is 1. The van der Waals surface area contributed by atoms with Crippen LogP contribution in [0.3, 0.4) is 0 Å². The van der Waals surface area contributed by atoms with Gasteiger partial charge in [-0.25, -0.2) is 0 Å². The SMILES string of the molecule is COc1ccc(CN(Cc2ccncc2)C(=O)C2CC(C(C)C)=NO2)cc1. The van der Waals surface area contributed by atoms with Gasteiger partial charge in [0.25, 0.3) is 5.91 Å². The number of amides is 1. The highest BCUT2D eigenvalue weighted by molar-refractivity contribution is 5.93. The minimum absolute atomic E-state index is 0.0537. The van der Waals surface area contributed by atoms with Crippen LogP contribution in [-0.2, 0) is 22.7 Å². The van der Waals surface area contributed by atoms with Gasteiger partial charge in [0.05, 0.1) is 12.8 Å². The third-order valence-electron chi connectivity index (χ3n) is 4.60. The molecule has 2 aromatic rings. The lowest BCUT2D eigenvalue weighted by atomic mass is 10.0. The van der Waals surface area contributed by atoms with Crippen LogP contribution in [0.15, 0.2) is 53.9 Å². The first-order valence-electron chi connectivity index (χ1n) is 9.10. The number of ether oxygens (including phenoxy) is 1. The first kappa shape index (κ1) is 18.9. The Labute approximate surface area is 159 Å². The molecule has 27 heavy (non-hydrogen) atoms. The smallest absolute Gasteiger partial charge is 0.267 e. The normalized spacial score (nSPS) is 16.0. The second-order valence-corrected chi connectivity index (χ2v) is 6.93. The lowest BCUT2D eigenvalue weighted by Gasteiger charge is -2.25. The largest absolute Gasteiger partial charge is 0.497 e. The monoisotopic (exact) mass is 367 g/mol. The van der Waals surface area contributed by atoms with Crippen LogP contribution in [0.4, 0.5) is 0 Å². The van der Waals surface area contributed by atoms with Gasteiger partial charge < -0.3 is 14.5 Å². The standard InChI is InChI=1S/C21H25N3O3/c1-15(2)19-12-20(27-23-19)21(25)24(14-17-8-10-22-11-9-17)13-16-4-6-18(26-3)7-5-16/h4-11,15,20H,12-14H2,1-3H3. The van der Waals surface area contributed by atoms with Crippen LogP contribution in [0, 0.1) is 5.92 Å². The molecule has 2 heterocycles. The van der Waals surface area contributed by atoms with Crippen molar-refractivity contribution < 1.29 is 14.4 Å². The van der Waals surface area contributed by atoms with E-state index in [1.54, 1.807) is 24.4 Å². The second-order valence-electron chi connectivity index (χ2n) is 6.93. The van der Waals surface area contributed by atoms with E-state index in [1.165, 1.54) is 0 Å². The first-order valence-corrected chi connectivity index (χ1v) is 9.10. The molecule has 3 rings (SSSR count). The van der Waals surface area contributed by atoms with Crippen molar-refractivity contribution in [3.05, 3.63) is 59.9 Å². The summed E-state index contributed by atoms with van der Waals surface area (Å²) in [6, 6.07) is 11.6. The number of nitrogens with zero attached hydrogens (tertiary/aromatic N) is 3. The van der Waals surface area contributed by atoms with Gasteiger partial charge in [0, 0.05) is 31.9 Å². The zero-order valence-corrected chi connectivity index (χ0v) is 16.0. The molecule has 6 heteroatoms. The molecule has 0 N–H and O–H groups in total. The molecular weight excluding hydrogens is 342 g/mol. The number of rotatable bonds is 7. The summed E-state index contributed by atoms with van der Waals surface area (Å²) >= 11 is 0. The molecule has 1 atom stereocenters. The third kappa shape index (κ3) is 4.84. The molecule has 0 fully saturated rings. The third-order valence-corrected chi connectivity index (χ3v) is 4.60. The summed E-state index contributed by atoms with van der Waals surface area (Å²) in [4.78, 5) is 24.4. The summed E-state index contributed by atoms with van der Waals surface area (Å²) in [7, 11) is 1.64. The molecular formula is C21H25N3O3. The summed E-state index contributed by atoms with van der Waals surface area (Å²) < 4.78 is 5.21. The van der Waals surface area contributed by atoms with Crippen molar-refractivity contribution in [2.24, 2.45) is 11.1 Å². The summed E-state index contributed by atoms with van der Waals surface area (Å²) in [5.41, 5.74) is 2.98. The van der Waals surface area contributed by atoms with E-state index < -0.39 is 6.10 Å². The van der Waals surface area contributed by atoms with Crippen LogP contribution in [0.1, 0.15) is 31.4 Å². The van der Waals surface area contributed by atoms with Crippen molar-refractivity contribution in [3.8, 4) is 5.75 Å². The van der Waals surface area contributed by atoms with E-state index in [2.05, 4.69) is 24.0 Å². The van der Waals surface area contributed by atoms with Crippen LogP contribution >= 0.6 is 0 Å². The van der Waals surface area contributed by atoms with Crippen LogP contribution in [0.5, 0.6) is 5.75 Å². The Morgan fingerprint density at radius 3 is 2.33 bits per heavy atom. The van der Waals surface area contributed by atoms with Crippen LogP contribution in [0.25, 0.3) is 0 Å². The molecule has 1 unspecified atom stereocenters. The van der Waals surface area contributed by atoms with E-state index in [1.807, 2.05) is 36.4 Å². The molecule has 0 saturated heterocycles. The molecule has 6 nitrogen and oxygen atoms in total. The van der Waals surface area contributed by atoms with E-state index >= 15 is 0 Å². The number of carbonyl (C=O) groups is 1. The topological polar surface area (TPSA) is 64.0 Å². The Bertz CT molecular complexity index is 788. The fourth-order valence-electron chi connectivity index (χ4n) is 2.94. The van der Waals surface area contributed by atoms with E-state index in [9.17, 15) is 4.79 Å². The van der Waals surface area contributed by atoms with Gasteiger partial charge >= 0.3 is 0 Å². The molecule has 0 radical (unpaired) electrons. The maximum absolute atomic E-state index is 13.1. The van der Waals surface area contributed by atoms with Gasteiger partial charge in [-0.05, 0) is 41.3 Å². The number of hydrogen-bond donors (Lipinski definition) is 0. The fraction of sp³-hybridized carbons (Fsp3) is 0.381. The van der Waals surface area contributed by atoms with E-state index in [0.29, 0.717) is 19.5 Å². The number of benzene rings is 1. The molecule has 0 saturated carbocycles. The highest BCUT2D eigenvalue weighted by atomic mass is 16.6. The van der Waals surface area contributed by atoms with Gasteiger partial charge in [0.1, 0.15) is 5.75 Å². The average Bonchev–Trinajstić information content (AvgIpc) is 3.19. The van der Waals surface area contributed by atoms with Gasteiger partial charge in [-0.2, -0.15) is 0 Å². The summed E-state index contributed by atoms with van der Waals surface area (Å²) in [6.45, 7) is 5.09. The zero-order chi connectivity index (χ0) is 19.2. The Kier molecular flexibility index (Phi) is 6.06. The first-order chi connectivity index (χ1) is 13.1. The fourth-order valence-corrected chi connectivity index (χ4v) is 2.94. The van der Waals surface area contributed by atoms with Crippen molar-refractivity contribution in [2.45, 2.75) is 39.5 Å². The minimum atomic E-state index is -0.553. The van der Waals surface area contributed by atoms with E-state index in [4.69, 9.17) is 9.57 Å². The van der Waals surface area contributed by atoms with Crippen molar-refractivity contribution in [1.82, 2.24) is 9.88 Å². The summed E-state index contributed by atoms with van der Waals surface area (Å²) in [5, 5.41) is 4.10. The molecule has 0 spiro atoms. The highest BCUT2D eigenvalue weighted by Gasteiger charge is 2.32. The van der Waals surface area contributed by atoms with Gasteiger partial charge in [-0.1, -0.05) is 31.1 Å². The highest BCUT2D eigenvalue weighted by Crippen LogP contribution is 2.21. The number of hydrogen-bond acceptors (Lipinski definition) is 5. The molecule has 1 aromatic carbocycles. The average molecular weight is 367 g/mol. The van der Waals surface area contributed by atoms with Crippen molar-refractivity contribution >= 4 is 11.6 Å². The molecule has 1 aliphatic rings. The second kappa shape index (κ2) is 8.66. The Balaban J connectivity index is 1.75. The van der Waals surface area contributed by atoms with Crippen molar-refractivity contribution in [3.63, 3.8) is 0 Å². The number of pyridine rings is 1. The van der Waals surface area contributed by atoms with Crippen LogP contribution < -0.4 is 4.74 Å². The van der Waals surface area contributed by atoms with Crippen molar-refractivity contribution in [1.29, 1.82) is 0 Å². The van der Waals surface area contributed by atoms with Crippen LogP contribution in [0.2, 0.25) is 0 Å². The lowest BCUT2D eigenvalue weighted by molar-refractivity contribution is -0.143. The molecule has 0 aliphatic carbocycles. The number of oxime groups is 1. The molecule has 142 valence electrons. The quantitative estimate of drug-likeness (QED) is 0.752. The van der Waals surface area contributed by atoms with E-state index in [-0.39, 0.29) is 11.8 Å². The predicted molar refractivity (Wildman–Crippen MR) is 103 cm³/mol. The Morgan fingerprint density at radius 2 is 1.78 bits per heavy atom. The molecule has 1 amide bonds. The molecule has 1 aromatic heterocycles. The molecule has 1 aliphatic heterocycles. The Hall–Kier alpha value is -2.89. The minimum Gasteiger partial charge on any atom is -0.497 e. The lowest BCUT2D eigenvalue weighted by Crippen LogP contribution is -2.38. The van der Waals surface area contributed by atoms with Gasteiger partial charge in [-0.15, -0.1) is 0 Å². The van der Waals surface area contributed by atoms with E-state index in [0.717, 1.165) is 22.6 Å². The van der Waals surface area contributed by atoms with Gasteiger partial charge in [0.2, 0.25) is 6.10 Å². The summed E-state index contributed by atoms with van der Waals surface area (Å²) in [6.07, 6.45) is 3.46. The van der Waals surface area contributed by atoms with Gasteiger partial charge in [-0.3, -0.25) is 9.78 Å². The maximum atomic E-state index is 13.1. The van der Waals surface area contributed by atoms with Crippen LogP contribution in [-0.4, -0.2) is 34.7 Å². The van der Waals surface area contributed by atoms with Crippen molar-refractivity contribution in [2.75, 3.05) is 7.11 Å². The number of aromatic nitrogens is 1. The summed E-state index contributed by atoms with van der Waals surface area (Å²) in [5.74, 6) is 1.01. The zero-order valence-electron chi connectivity index (χ0n) is 16.0. The number of carbonyl (C=O) groups excluding carboxylic acids is 1. The maximum Gasteiger partial charge on any atom is 0.267 e. The predicted octanol–water partition coefficient (Wildman–Crippen LogP) is 3.42. The molecule has 0 bridgehead atoms. The van der Waals surface area contributed by atoms with Gasteiger partial charge in [0.15, 0.2) is 0 Å².